The molecular formula is C18H32. The molecule has 0 aromatic carbocycles. The lowest BCUT2D eigenvalue weighted by Gasteiger charge is -2.70. The third-order valence-electron chi connectivity index (χ3n) is 6.37. The Balaban J connectivity index is 1.98. The predicted octanol–water partition coefficient (Wildman–Crippen LogP) is 5.95. The lowest BCUT2D eigenvalue weighted by atomic mass is 9.35. The van der Waals surface area contributed by atoms with E-state index in [1.165, 1.54) is 32.1 Å². The number of rotatable bonds is 4. The molecular weight excluding hydrogens is 216 g/mol. The van der Waals surface area contributed by atoms with E-state index in [1.54, 1.807) is 32.1 Å². The second-order valence-electron chi connectivity index (χ2n) is 9.18. The summed E-state index contributed by atoms with van der Waals surface area (Å²) in [6, 6.07) is 0. The highest BCUT2D eigenvalue weighted by molar-refractivity contribution is 5.14. The molecule has 4 aliphatic rings. The highest BCUT2D eigenvalue weighted by Gasteiger charge is 2.64. The Kier molecular flexibility index (Phi) is 2.72. The normalized spacial score (nSPS) is 54.0. The van der Waals surface area contributed by atoms with Crippen molar-refractivity contribution < 1.29 is 0 Å². The van der Waals surface area contributed by atoms with Crippen molar-refractivity contribution in [2.75, 3.05) is 0 Å². The third-order valence-corrected chi connectivity index (χ3v) is 6.37. The van der Waals surface area contributed by atoms with Gasteiger partial charge < -0.3 is 0 Å². The average molecular weight is 248 g/mol. The summed E-state index contributed by atoms with van der Waals surface area (Å²) in [5.41, 5.74) is 2.85. The standard InChI is InChI=1S/C18H32/c1-5-7-17-10-15(3)9-16(4,11-17)13-18(12-15,14-17)8-6-2/h5-14H2,1-4H3. The first-order chi connectivity index (χ1) is 8.36. The lowest BCUT2D eigenvalue weighted by Crippen LogP contribution is -2.59. The van der Waals surface area contributed by atoms with Crippen molar-refractivity contribution in [2.45, 2.75) is 91.9 Å². The highest BCUT2D eigenvalue weighted by Crippen LogP contribution is 2.75. The van der Waals surface area contributed by atoms with Gasteiger partial charge in [0.15, 0.2) is 0 Å². The lowest BCUT2D eigenvalue weighted by molar-refractivity contribution is -0.194. The van der Waals surface area contributed by atoms with E-state index in [2.05, 4.69) is 27.7 Å². The molecule has 4 bridgehead atoms. The van der Waals surface area contributed by atoms with E-state index in [1.807, 2.05) is 0 Å². The zero-order valence-electron chi connectivity index (χ0n) is 13.1. The minimum atomic E-state index is 0.688. The smallest absolute Gasteiger partial charge is 0.0282 e. The average Bonchev–Trinajstić information content (AvgIpc) is 2.09. The van der Waals surface area contributed by atoms with Gasteiger partial charge >= 0.3 is 0 Å². The second-order valence-corrected chi connectivity index (χ2v) is 9.18. The van der Waals surface area contributed by atoms with E-state index < -0.39 is 0 Å². The Morgan fingerprint density at radius 1 is 0.611 bits per heavy atom. The molecule has 0 unspecified atom stereocenters. The summed E-state index contributed by atoms with van der Waals surface area (Å²) >= 11 is 0. The molecule has 104 valence electrons. The van der Waals surface area contributed by atoms with Crippen molar-refractivity contribution in [2.24, 2.45) is 21.7 Å². The molecule has 0 aliphatic heterocycles. The molecule has 0 heterocycles. The van der Waals surface area contributed by atoms with Crippen LogP contribution in [0.25, 0.3) is 0 Å². The summed E-state index contributed by atoms with van der Waals surface area (Å²) in [5, 5.41) is 0. The molecule has 4 rings (SSSR count). The minimum absolute atomic E-state index is 0.688. The molecule has 4 saturated carbocycles. The van der Waals surface area contributed by atoms with Gasteiger partial charge in [0.2, 0.25) is 0 Å². The van der Waals surface area contributed by atoms with Gasteiger partial charge in [-0.15, -0.1) is 0 Å². The van der Waals surface area contributed by atoms with Crippen LogP contribution in [0, 0.1) is 21.7 Å². The van der Waals surface area contributed by atoms with Crippen molar-refractivity contribution in [3.05, 3.63) is 0 Å². The molecule has 0 atom stereocenters. The van der Waals surface area contributed by atoms with E-state index >= 15 is 0 Å². The topological polar surface area (TPSA) is 0 Å². The van der Waals surface area contributed by atoms with Crippen LogP contribution in [0.1, 0.15) is 91.9 Å². The summed E-state index contributed by atoms with van der Waals surface area (Å²) in [4.78, 5) is 0. The Hall–Kier alpha value is 0. The first-order valence-corrected chi connectivity index (χ1v) is 8.36. The summed E-state index contributed by atoms with van der Waals surface area (Å²) in [6.45, 7) is 10.0. The second kappa shape index (κ2) is 3.76. The SMILES string of the molecule is CCCC12CC3(C)CC(C)(C1)CC(CCC)(C3)C2. The van der Waals surface area contributed by atoms with Crippen LogP contribution in [-0.4, -0.2) is 0 Å². The maximum atomic E-state index is 2.62. The zero-order chi connectivity index (χ0) is 13.1. The van der Waals surface area contributed by atoms with Crippen LogP contribution >= 0.6 is 0 Å². The van der Waals surface area contributed by atoms with Crippen LogP contribution < -0.4 is 0 Å². The molecule has 0 aromatic heterocycles. The fourth-order valence-corrected chi connectivity index (χ4v) is 7.79. The van der Waals surface area contributed by atoms with Crippen molar-refractivity contribution in [1.29, 1.82) is 0 Å². The van der Waals surface area contributed by atoms with Crippen LogP contribution in [-0.2, 0) is 0 Å². The molecule has 0 radical (unpaired) electrons. The molecule has 4 aliphatic carbocycles. The van der Waals surface area contributed by atoms with Crippen LogP contribution in [0.15, 0.2) is 0 Å². The number of hydrogen-bond acceptors (Lipinski definition) is 0. The minimum Gasteiger partial charge on any atom is -0.0654 e. The van der Waals surface area contributed by atoms with E-state index in [4.69, 9.17) is 0 Å². The molecule has 0 amide bonds. The van der Waals surface area contributed by atoms with Gasteiger partial charge in [0, 0.05) is 0 Å². The molecule has 0 saturated heterocycles. The van der Waals surface area contributed by atoms with Gasteiger partial charge in [-0.25, -0.2) is 0 Å². The van der Waals surface area contributed by atoms with Crippen molar-refractivity contribution in [1.82, 2.24) is 0 Å². The van der Waals surface area contributed by atoms with Gasteiger partial charge in [-0.2, -0.15) is 0 Å². The highest BCUT2D eigenvalue weighted by atomic mass is 14.7. The number of hydrogen-bond donors (Lipinski definition) is 0. The molecule has 0 spiro atoms. The fourth-order valence-electron chi connectivity index (χ4n) is 7.79. The maximum absolute atomic E-state index is 2.62. The van der Waals surface area contributed by atoms with Gasteiger partial charge in [0.05, 0.1) is 0 Å². The quantitative estimate of drug-likeness (QED) is 0.576. The van der Waals surface area contributed by atoms with Crippen molar-refractivity contribution in [3.63, 3.8) is 0 Å². The van der Waals surface area contributed by atoms with Crippen LogP contribution in [0.2, 0.25) is 0 Å². The summed E-state index contributed by atoms with van der Waals surface area (Å²) < 4.78 is 0. The van der Waals surface area contributed by atoms with Gasteiger partial charge in [-0.05, 0) is 73.0 Å². The van der Waals surface area contributed by atoms with Crippen LogP contribution in [0.3, 0.4) is 0 Å². The van der Waals surface area contributed by atoms with Crippen LogP contribution in [0.4, 0.5) is 0 Å². The van der Waals surface area contributed by atoms with E-state index in [0.29, 0.717) is 10.8 Å². The molecule has 0 nitrogen and oxygen atoms in total. The molecule has 0 heteroatoms. The molecule has 18 heavy (non-hydrogen) atoms. The zero-order valence-corrected chi connectivity index (χ0v) is 13.1. The van der Waals surface area contributed by atoms with E-state index in [-0.39, 0.29) is 0 Å². The van der Waals surface area contributed by atoms with E-state index in [9.17, 15) is 0 Å². The Morgan fingerprint density at radius 2 is 1.00 bits per heavy atom. The first-order valence-electron chi connectivity index (χ1n) is 8.36. The molecule has 0 aromatic rings. The molecule has 0 N–H and O–H groups in total. The van der Waals surface area contributed by atoms with Gasteiger partial charge in [-0.1, -0.05) is 40.5 Å². The van der Waals surface area contributed by atoms with E-state index in [0.717, 1.165) is 10.8 Å². The third kappa shape index (κ3) is 1.86. The fraction of sp³-hybridized carbons (Fsp3) is 1.00. The molecule has 4 fully saturated rings. The largest absolute Gasteiger partial charge is 0.0654 e. The first kappa shape index (κ1) is 13.0. The Labute approximate surface area is 114 Å². The monoisotopic (exact) mass is 248 g/mol. The Morgan fingerprint density at radius 3 is 1.33 bits per heavy atom. The Bertz CT molecular complexity index is 294. The van der Waals surface area contributed by atoms with Gasteiger partial charge in [-0.3, -0.25) is 0 Å². The summed E-state index contributed by atoms with van der Waals surface area (Å²) in [7, 11) is 0. The summed E-state index contributed by atoms with van der Waals surface area (Å²) in [5.74, 6) is 0. The maximum Gasteiger partial charge on any atom is -0.0282 e. The van der Waals surface area contributed by atoms with Crippen molar-refractivity contribution in [3.8, 4) is 0 Å². The van der Waals surface area contributed by atoms with Gasteiger partial charge in [0.1, 0.15) is 0 Å². The predicted molar refractivity (Wildman–Crippen MR) is 78.6 cm³/mol. The summed E-state index contributed by atoms with van der Waals surface area (Å²) in [6.07, 6.45) is 15.1. The van der Waals surface area contributed by atoms with Crippen LogP contribution in [0.5, 0.6) is 0 Å². The van der Waals surface area contributed by atoms with Crippen molar-refractivity contribution >= 4 is 0 Å². The van der Waals surface area contributed by atoms with Gasteiger partial charge in [0.25, 0.3) is 0 Å².